The number of hydrogen-bond acceptors (Lipinski definition) is 2. The summed E-state index contributed by atoms with van der Waals surface area (Å²) in [5.41, 5.74) is 5.18. The molecule has 2 rings (SSSR count). The second-order valence-electron chi connectivity index (χ2n) is 5.13. The van der Waals surface area contributed by atoms with Crippen molar-refractivity contribution in [1.29, 1.82) is 0 Å². The van der Waals surface area contributed by atoms with E-state index in [9.17, 15) is 0 Å². The number of hydrogen-bond donors (Lipinski definition) is 1. The summed E-state index contributed by atoms with van der Waals surface area (Å²) in [5, 5.41) is 8.34. The zero-order valence-corrected chi connectivity index (χ0v) is 16.2. The highest BCUT2D eigenvalue weighted by atomic mass is 32.1. The average molecular weight is 342 g/mol. The standard InChI is InChI=1S/C18H21N3S.C2H6/c1-5-8-15(6-2)17-12-14(4)20-21(17)18(22)19-16-10-7-9-13(3)11-16;1-2/h5-12H,1-4H3,(H,19,22);1-2H3/b8-5-,15-6+;. The number of thiocarbonyl (C=S) groups is 1. The highest BCUT2D eigenvalue weighted by molar-refractivity contribution is 7.80. The van der Waals surface area contributed by atoms with Gasteiger partial charge in [-0.15, -0.1) is 0 Å². The Morgan fingerprint density at radius 1 is 1.17 bits per heavy atom. The van der Waals surface area contributed by atoms with Crippen molar-refractivity contribution in [3.63, 3.8) is 0 Å². The predicted molar refractivity (Wildman–Crippen MR) is 110 cm³/mol. The maximum Gasteiger partial charge on any atom is 0.199 e. The van der Waals surface area contributed by atoms with Crippen LogP contribution >= 0.6 is 12.2 Å². The highest BCUT2D eigenvalue weighted by Gasteiger charge is 2.12. The van der Waals surface area contributed by atoms with Gasteiger partial charge in [-0.1, -0.05) is 44.2 Å². The van der Waals surface area contributed by atoms with E-state index in [4.69, 9.17) is 12.2 Å². The van der Waals surface area contributed by atoms with Gasteiger partial charge in [-0.2, -0.15) is 5.10 Å². The Bertz CT molecular complexity index is 739. The lowest BCUT2D eigenvalue weighted by Crippen LogP contribution is -2.22. The summed E-state index contributed by atoms with van der Waals surface area (Å²) < 4.78 is 1.78. The van der Waals surface area contributed by atoms with E-state index < -0.39 is 0 Å². The third kappa shape index (κ3) is 5.17. The molecule has 128 valence electrons. The van der Waals surface area contributed by atoms with Gasteiger partial charge < -0.3 is 5.32 Å². The molecular weight excluding hydrogens is 314 g/mol. The molecule has 2 aromatic rings. The Balaban J connectivity index is 0.00000139. The molecular formula is C20H27N3S. The van der Waals surface area contributed by atoms with Crippen LogP contribution in [-0.2, 0) is 0 Å². The van der Waals surface area contributed by atoms with Gasteiger partial charge in [0.05, 0.1) is 11.4 Å². The fourth-order valence-electron chi connectivity index (χ4n) is 2.27. The minimum Gasteiger partial charge on any atom is -0.331 e. The third-order valence-corrected chi connectivity index (χ3v) is 3.52. The van der Waals surface area contributed by atoms with Crippen molar-refractivity contribution in [2.24, 2.45) is 0 Å². The fourth-order valence-corrected chi connectivity index (χ4v) is 2.53. The number of anilines is 1. The maximum atomic E-state index is 5.54. The molecule has 4 heteroatoms. The molecule has 0 saturated carbocycles. The number of allylic oxidation sites excluding steroid dienone is 4. The molecule has 0 unspecified atom stereocenters. The first-order chi connectivity index (χ1) is 11.5. The Morgan fingerprint density at radius 2 is 1.88 bits per heavy atom. The van der Waals surface area contributed by atoms with Crippen molar-refractivity contribution < 1.29 is 0 Å². The molecule has 0 amide bonds. The summed E-state index contributed by atoms with van der Waals surface area (Å²) in [5.74, 6) is 0. The normalized spacial score (nSPS) is 11.2. The zero-order valence-electron chi connectivity index (χ0n) is 15.4. The van der Waals surface area contributed by atoms with E-state index in [1.54, 1.807) is 4.68 Å². The van der Waals surface area contributed by atoms with E-state index in [2.05, 4.69) is 41.6 Å². The molecule has 0 saturated heterocycles. The van der Waals surface area contributed by atoms with E-state index in [1.807, 2.05) is 58.9 Å². The Labute approximate surface area is 151 Å². The molecule has 0 aliphatic rings. The molecule has 0 aliphatic heterocycles. The largest absolute Gasteiger partial charge is 0.331 e. The topological polar surface area (TPSA) is 29.9 Å². The molecule has 0 radical (unpaired) electrons. The molecule has 3 nitrogen and oxygen atoms in total. The summed E-state index contributed by atoms with van der Waals surface area (Å²) in [6.45, 7) is 12.0. The molecule has 0 fully saturated rings. The second-order valence-corrected chi connectivity index (χ2v) is 5.51. The molecule has 1 aromatic heterocycles. The van der Waals surface area contributed by atoms with Crippen LogP contribution in [0.2, 0.25) is 0 Å². The fraction of sp³-hybridized carbons (Fsp3) is 0.300. The van der Waals surface area contributed by atoms with E-state index in [-0.39, 0.29) is 0 Å². The summed E-state index contributed by atoms with van der Waals surface area (Å²) in [4.78, 5) is 0. The van der Waals surface area contributed by atoms with E-state index in [0.717, 1.165) is 22.6 Å². The monoisotopic (exact) mass is 341 g/mol. The van der Waals surface area contributed by atoms with Crippen LogP contribution in [0.25, 0.3) is 5.57 Å². The summed E-state index contributed by atoms with van der Waals surface area (Å²) in [6.07, 6.45) is 6.13. The first-order valence-electron chi connectivity index (χ1n) is 8.29. The van der Waals surface area contributed by atoms with Crippen LogP contribution in [0.5, 0.6) is 0 Å². The number of aromatic nitrogens is 2. The van der Waals surface area contributed by atoms with Crippen molar-refractivity contribution in [2.45, 2.75) is 41.5 Å². The minimum absolute atomic E-state index is 0.567. The highest BCUT2D eigenvalue weighted by Crippen LogP contribution is 2.18. The smallest absolute Gasteiger partial charge is 0.199 e. The van der Waals surface area contributed by atoms with Gasteiger partial charge in [0.15, 0.2) is 5.11 Å². The van der Waals surface area contributed by atoms with Crippen LogP contribution in [0.15, 0.2) is 48.6 Å². The molecule has 0 spiro atoms. The number of benzene rings is 1. The molecule has 0 atom stereocenters. The lowest BCUT2D eigenvalue weighted by atomic mass is 10.1. The summed E-state index contributed by atoms with van der Waals surface area (Å²) >= 11 is 5.54. The quantitative estimate of drug-likeness (QED) is 0.569. The lowest BCUT2D eigenvalue weighted by Gasteiger charge is -2.12. The van der Waals surface area contributed by atoms with Crippen molar-refractivity contribution in [2.75, 3.05) is 5.32 Å². The lowest BCUT2D eigenvalue weighted by molar-refractivity contribution is 0.911. The Morgan fingerprint density at radius 3 is 2.46 bits per heavy atom. The molecule has 24 heavy (non-hydrogen) atoms. The van der Waals surface area contributed by atoms with Crippen molar-refractivity contribution in [3.05, 3.63) is 65.5 Å². The van der Waals surface area contributed by atoms with Gasteiger partial charge in [-0.05, 0) is 69.2 Å². The number of rotatable bonds is 3. The average Bonchev–Trinajstić information content (AvgIpc) is 2.96. The van der Waals surface area contributed by atoms with Gasteiger partial charge in [0, 0.05) is 5.69 Å². The van der Waals surface area contributed by atoms with Gasteiger partial charge >= 0.3 is 0 Å². The van der Waals surface area contributed by atoms with Crippen LogP contribution in [0, 0.1) is 13.8 Å². The van der Waals surface area contributed by atoms with Crippen LogP contribution in [0.3, 0.4) is 0 Å². The van der Waals surface area contributed by atoms with Crippen LogP contribution in [0.1, 0.15) is 44.6 Å². The van der Waals surface area contributed by atoms with Gasteiger partial charge in [0.25, 0.3) is 0 Å². The van der Waals surface area contributed by atoms with Crippen molar-refractivity contribution >= 4 is 28.6 Å². The molecule has 1 N–H and O–H groups in total. The summed E-state index contributed by atoms with van der Waals surface area (Å²) in [7, 11) is 0. The minimum atomic E-state index is 0.567. The second kappa shape index (κ2) is 9.83. The van der Waals surface area contributed by atoms with Crippen molar-refractivity contribution in [3.8, 4) is 0 Å². The van der Waals surface area contributed by atoms with Gasteiger partial charge in [0.1, 0.15) is 0 Å². The van der Waals surface area contributed by atoms with E-state index >= 15 is 0 Å². The predicted octanol–water partition coefficient (Wildman–Crippen LogP) is 5.75. The van der Waals surface area contributed by atoms with Crippen LogP contribution in [-0.4, -0.2) is 14.9 Å². The van der Waals surface area contributed by atoms with Gasteiger partial charge in [-0.25, -0.2) is 4.68 Å². The number of nitrogens with zero attached hydrogens (tertiary/aromatic N) is 2. The number of aryl methyl sites for hydroxylation is 2. The Kier molecular flexibility index (Phi) is 8.13. The van der Waals surface area contributed by atoms with Crippen molar-refractivity contribution in [1.82, 2.24) is 9.78 Å². The molecule has 0 aliphatic carbocycles. The van der Waals surface area contributed by atoms with Crippen LogP contribution < -0.4 is 5.32 Å². The first kappa shape index (κ1) is 19.8. The first-order valence-corrected chi connectivity index (χ1v) is 8.70. The zero-order chi connectivity index (χ0) is 18.1. The van der Waals surface area contributed by atoms with Crippen LogP contribution in [0.4, 0.5) is 5.69 Å². The molecule has 0 bridgehead atoms. The van der Waals surface area contributed by atoms with E-state index in [0.29, 0.717) is 5.11 Å². The van der Waals surface area contributed by atoms with Gasteiger partial charge in [0.2, 0.25) is 0 Å². The number of nitrogens with one attached hydrogen (secondary N) is 1. The molecule has 1 heterocycles. The SMILES string of the molecule is C/C=C\C(=C/C)c1cc(C)nn1C(=S)Nc1cccc(C)c1.CC. The summed E-state index contributed by atoms with van der Waals surface area (Å²) in [6, 6.07) is 10.2. The third-order valence-electron chi connectivity index (χ3n) is 3.25. The van der Waals surface area contributed by atoms with E-state index in [1.165, 1.54) is 5.56 Å². The Hall–Kier alpha value is -2.20. The van der Waals surface area contributed by atoms with Gasteiger partial charge in [-0.3, -0.25) is 0 Å². The molecule has 1 aromatic carbocycles. The maximum absolute atomic E-state index is 5.54.